The second kappa shape index (κ2) is 6.04. The number of nitrogens with one attached hydrogen (secondary N) is 1. The summed E-state index contributed by atoms with van der Waals surface area (Å²) < 4.78 is 26.1. The molecule has 1 aromatic carbocycles. The van der Waals surface area contributed by atoms with Crippen molar-refractivity contribution < 1.29 is 8.78 Å². The average molecular weight is 248 g/mol. The zero-order valence-corrected chi connectivity index (χ0v) is 10.2. The van der Waals surface area contributed by atoms with Gasteiger partial charge in [-0.15, -0.1) is 0 Å². The average Bonchev–Trinajstić information content (AvgIpc) is 2.14. The van der Waals surface area contributed by atoms with E-state index < -0.39 is 11.6 Å². The van der Waals surface area contributed by atoms with E-state index in [1.54, 1.807) is 0 Å². The van der Waals surface area contributed by atoms with Gasteiger partial charge in [-0.2, -0.15) is 0 Å². The van der Waals surface area contributed by atoms with Crippen molar-refractivity contribution in [3.8, 4) is 0 Å². The van der Waals surface area contributed by atoms with Crippen LogP contribution >= 0.6 is 11.6 Å². The maximum Gasteiger partial charge on any atom is 0.150 e. The van der Waals surface area contributed by atoms with Crippen molar-refractivity contribution >= 4 is 17.3 Å². The van der Waals surface area contributed by atoms with Gasteiger partial charge in [0, 0.05) is 12.6 Å². The lowest BCUT2D eigenvalue weighted by atomic mass is 10.1. The highest BCUT2D eigenvalue weighted by atomic mass is 35.5. The first kappa shape index (κ1) is 13.2. The first-order chi connectivity index (χ1) is 7.50. The smallest absolute Gasteiger partial charge is 0.150 e. The lowest BCUT2D eigenvalue weighted by Gasteiger charge is -2.10. The van der Waals surface area contributed by atoms with Crippen LogP contribution in [0.2, 0.25) is 5.02 Å². The standard InChI is InChI=1S/C12H16ClF2N/c1-8(2)4-3-5-16-12-10(13)6-9(14)7-11(12)15/h6-8,16H,3-5H2,1-2H3. The fourth-order valence-corrected chi connectivity index (χ4v) is 1.70. The number of benzene rings is 1. The van der Waals surface area contributed by atoms with Gasteiger partial charge >= 0.3 is 0 Å². The molecule has 0 saturated heterocycles. The summed E-state index contributed by atoms with van der Waals surface area (Å²) in [6.07, 6.45) is 2.00. The van der Waals surface area contributed by atoms with E-state index in [2.05, 4.69) is 19.2 Å². The molecule has 0 amide bonds. The molecule has 0 fully saturated rings. The van der Waals surface area contributed by atoms with Gasteiger partial charge in [0.05, 0.1) is 10.7 Å². The van der Waals surface area contributed by atoms with E-state index in [4.69, 9.17) is 11.6 Å². The molecule has 0 aliphatic rings. The minimum atomic E-state index is -0.657. The first-order valence-electron chi connectivity index (χ1n) is 5.39. The molecule has 1 N–H and O–H groups in total. The Morgan fingerprint density at radius 1 is 1.31 bits per heavy atom. The van der Waals surface area contributed by atoms with E-state index in [1.807, 2.05) is 0 Å². The summed E-state index contributed by atoms with van der Waals surface area (Å²) in [5, 5.41) is 2.98. The molecule has 0 atom stereocenters. The molecule has 90 valence electrons. The molecule has 4 heteroatoms. The van der Waals surface area contributed by atoms with Gasteiger partial charge in [-0.1, -0.05) is 25.4 Å². The normalized spacial score (nSPS) is 10.9. The van der Waals surface area contributed by atoms with Crippen LogP contribution < -0.4 is 5.32 Å². The van der Waals surface area contributed by atoms with Crippen molar-refractivity contribution in [1.82, 2.24) is 0 Å². The Kier molecular flexibility index (Phi) is 5.00. The van der Waals surface area contributed by atoms with Crippen LogP contribution in [0.5, 0.6) is 0 Å². The summed E-state index contributed by atoms with van der Waals surface area (Å²) >= 11 is 5.73. The van der Waals surface area contributed by atoms with Crippen molar-refractivity contribution in [2.24, 2.45) is 5.92 Å². The van der Waals surface area contributed by atoms with Crippen LogP contribution in [0, 0.1) is 17.6 Å². The minimum absolute atomic E-state index is 0.0852. The Hall–Kier alpha value is -0.830. The third-order valence-corrected chi connectivity index (χ3v) is 2.56. The molecule has 16 heavy (non-hydrogen) atoms. The SMILES string of the molecule is CC(C)CCCNc1c(F)cc(F)cc1Cl. The molecule has 0 aromatic heterocycles. The highest BCUT2D eigenvalue weighted by molar-refractivity contribution is 6.33. The second-order valence-electron chi connectivity index (χ2n) is 4.21. The topological polar surface area (TPSA) is 12.0 Å². The molecule has 1 aromatic rings. The number of hydrogen-bond donors (Lipinski definition) is 1. The fraction of sp³-hybridized carbons (Fsp3) is 0.500. The number of rotatable bonds is 5. The molecule has 0 aliphatic heterocycles. The van der Waals surface area contributed by atoms with Crippen LogP contribution in [0.1, 0.15) is 26.7 Å². The molecule has 0 unspecified atom stereocenters. The number of anilines is 1. The van der Waals surface area contributed by atoms with E-state index in [-0.39, 0.29) is 10.7 Å². The van der Waals surface area contributed by atoms with Gasteiger partial charge in [0.25, 0.3) is 0 Å². The molecule has 0 radical (unpaired) electrons. The van der Waals surface area contributed by atoms with Crippen molar-refractivity contribution in [2.75, 3.05) is 11.9 Å². The van der Waals surface area contributed by atoms with Crippen molar-refractivity contribution in [1.29, 1.82) is 0 Å². The predicted molar refractivity (Wildman–Crippen MR) is 63.9 cm³/mol. The lowest BCUT2D eigenvalue weighted by Crippen LogP contribution is -2.05. The van der Waals surface area contributed by atoms with Crippen molar-refractivity contribution in [3.63, 3.8) is 0 Å². The van der Waals surface area contributed by atoms with Crippen LogP contribution in [0.3, 0.4) is 0 Å². The number of halogens is 3. The van der Waals surface area contributed by atoms with Crippen LogP contribution in [0.15, 0.2) is 12.1 Å². The third-order valence-electron chi connectivity index (χ3n) is 2.27. The Balaban J connectivity index is 2.54. The lowest BCUT2D eigenvalue weighted by molar-refractivity contribution is 0.563. The van der Waals surface area contributed by atoms with Crippen LogP contribution in [0.4, 0.5) is 14.5 Å². The Morgan fingerprint density at radius 3 is 2.56 bits per heavy atom. The van der Waals surface area contributed by atoms with E-state index in [9.17, 15) is 8.78 Å². The summed E-state index contributed by atoms with van der Waals surface area (Å²) in [7, 11) is 0. The van der Waals surface area contributed by atoms with E-state index in [0.29, 0.717) is 12.5 Å². The van der Waals surface area contributed by atoms with Crippen molar-refractivity contribution in [2.45, 2.75) is 26.7 Å². The third kappa shape index (κ3) is 3.97. The Labute approximate surface area is 99.8 Å². The molecule has 0 saturated carbocycles. The zero-order chi connectivity index (χ0) is 12.1. The number of hydrogen-bond acceptors (Lipinski definition) is 1. The van der Waals surface area contributed by atoms with Crippen LogP contribution in [0.25, 0.3) is 0 Å². The summed E-state index contributed by atoms with van der Waals surface area (Å²) in [6.45, 7) is 4.90. The molecule has 0 spiro atoms. The van der Waals surface area contributed by atoms with Gasteiger partial charge in [-0.3, -0.25) is 0 Å². The van der Waals surface area contributed by atoms with Crippen LogP contribution in [-0.4, -0.2) is 6.54 Å². The molecular formula is C12H16ClF2N. The van der Waals surface area contributed by atoms with Gasteiger partial charge in [0.2, 0.25) is 0 Å². The largest absolute Gasteiger partial charge is 0.381 e. The van der Waals surface area contributed by atoms with Gasteiger partial charge in [0.15, 0.2) is 5.82 Å². The van der Waals surface area contributed by atoms with E-state index in [1.165, 1.54) is 0 Å². The second-order valence-corrected chi connectivity index (χ2v) is 4.61. The zero-order valence-electron chi connectivity index (χ0n) is 9.49. The highest BCUT2D eigenvalue weighted by Crippen LogP contribution is 2.26. The van der Waals surface area contributed by atoms with Gasteiger partial charge in [-0.25, -0.2) is 8.78 Å². The fourth-order valence-electron chi connectivity index (χ4n) is 1.43. The molecule has 0 bridgehead atoms. The quantitative estimate of drug-likeness (QED) is 0.757. The minimum Gasteiger partial charge on any atom is -0.381 e. The molecular weight excluding hydrogens is 232 g/mol. The summed E-state index contributed by atoms with van der Waals surface area (Å²) in [6, 6.07) is 1.94. The van der Waals surface area contributed by atoms with Crippen molar-refractivity contribution in [3.05, 3.63) is 28.8 Å². The summed E-state index contributed by atoms with van der Waals surface area (Å²) in [5.41, 5.74) is 0.187. The Bertz CT molecular complexity index is 330. The summed E-state index contributed by atoms with van der Waals surface area (Å²) in [5.74, 6) is -0.680. The van der Waals surface area contributed by atoms with Gasteiger partial charge in [-0.05, 0) is 24.8 Å². The predicted octanol–water partition coefficient (Wildman–Crippen LogP) is 4.47. The first-order valence-corrected chi connectivity index (χ1v) is 5.77. The molecule has 0 heterocycles. The Morgan fingerprint density at radius 2 is 2.00 bits per heavy atom. The molecule has 1 nitrogen and oxygen atoms in total. The summed E-state index contributed by atoms with van der Waals surface area (Å²) in [4.78, 5) is 0. The monoisotopic (exact) mass is 247 g/mol. The van der Waals surface area contributed by atoms with Gasteiger partial charge in [0.1, 0.15) is 5.82 Å². The van der Waals surface area contributed by atoms with E-state index in [0.717, 1.165) is 25.0 Å². The highest BCUT2D eigenvalue weighted by Gasteiger charge is 2.09. The molecule has 1 rings (SSSR count). The van der Waals surface area contributed by atoms with Crippen LogP contribution in [-0.2, 0) is 0 Å². The maximum atomic E-state index is 13.3. The van der Waals surface area contributed by atoms with E-state index >= 15 is 0 Å². The van der Waals surface area contributed by atoms with Gasteiger partial charge < -0.3 is 5.32 Å². The molecule has 0 aliphatic carbocycles. The maximum absolute atomic E-state index is 13.3.